The first-order valence-corrected chi connectivity index (χ1v) is 4.49. The van der Waals surface area contributed by atoms with Gasteiger partial charge in [-0.15, -0.1) is 0 Å². The first-order valence-electron chi connectivity index (χ1n) is 4.49. The molecule has 1 aromatic rings. The Bertz CT molecular complexity index is 302. The zero-order chi connectivity index (χ0) is 10.6. The number of nitrogens with zero attached hydrogens (tertiary/aromatic N) is 1. The Kier molecular flexibility index (Phi) is 3.55. The molecule has 0 saturated heterocycles. The normalized spacial score (nSPS) is 11.7. The molecule has 0 aromatic carbocycles. The fourth-order valence-corrected chi connectivity index (χ4v) is 0.950. The van der Waals surface area contributed by atoms with E-state index in [1.54, 1.807) is 6.20 Å². The number of nitrogens with one attached hydrogen (secondary N) is 1. The van der Waals surface area contributed by atoms with Crippen molar-refractivity contribution in [3.8, 4) is 0 Å². The Balaban J connectivity index is 2.54. The quantitative estimate of drug-likeness (QED) is 0.761. The van der Waals surface area contributed by atoms with Crippen LogP contribution in [0.3, 0.4) is 0 Å². The second-order valence-electron chi connectivity index (χ2n) is 3.91. The lowest BCUT2D eigenvalue weighted by molar-refractivity contribution is 0.187. The fraction of sp³-hybridized carbons (Fsp3) is 0.500. The summed E-state index contributed by atoms with van der Waals surface area (Å²) in [6, 6.07) is 1.42. The van der Waals surface area contributed by atoms with Crippen LogP contribution in [0.15, 0.2) is 18.5 Å². The minimum atomic E-state index is -0.355. The van der Waals surface area contributed by atoms with E-state index >= 15 is 0 Å². The van der Waals surface area contributed by atoms with Crippen LogP contribution >= 0.6 is 0 Å². The summed E-state index contributed by atoms with van der Waals surface area (Å²) in [5.41, 5.74) is 0.415. The van der Waals surface area contributed by atoms with Crippen molar-refractivity contribution in [3.05, 3.63) is 29.8 Å². The molecule has 0 amide bonds. The summed E-state index contributed by atoms with van der Waals surface area (Å²) in [6.45, 7) is 4.29. The number of aliphatic hydroxyl groups is 1. The molecule has 0 aliphatic heterocycles. The van der Waals surface area contributed by atoms with Crippen molar-refractivity contribution in [3.63, 3.8) is 0 Å². The number of aliphatic hydroxyl groups excluding tert-OH is 1. The highest BCUT2D eigenvalue weighted by atomic mass is 19.1. The third kappa shape index (κ3) is 3.40. The summed E-state index contributed by atoms with van der Waals surface area (Å²) in [6.07, 6.45) is 2.77. The zero-order valence-electron chi connectivity index (χ0n) is 8.42. The van der Waals surface area contributed by atoms with Crippen molar-refractivity contribution in [2.75, 3.05) is 6.61 Å². The van der Waals surface area contributed by atoms with Gasteiger partial charge in [-0.1, -0.05) is 0 Å². The summed E-state index contributed by atoms with van der Waals surface area (Å²) >= 11 is 0. The lowest BCUT2D eigenvalue weighted by Crippen LogP contribution is -2.42. The van der Waals surface area contributed by atoms with Gasteiger partial charge in [0.1, 0.15) is 5.82 Å². The highest BCUT2D eigenvalue weighted by Crippen LogP contribution is 2.04. The highest BCUT2D eigenvalue weighted by molar-refractivity contribution is 5.10. The fourth-order valence-electron chi connectivity index (χ4n) is 0.950. The SMILES string of the molecule is CC(C)(CO)NCc1cncc(F)c1. The molecule has 0 spiro atoms. The molecule has 78 valence electrons. The van der Waals surface area contributed by atoms with E-state index in [1.807, 2.05) is 13.8 Å². The average Bonchev–Trinajstić information content (AvgIpc) is 2.15. The average molecular weight is 198 g/mol. The topological polar surface area (TPSA) is 45.1 Å². The smallest absolute Gasteiger partial charge is 0.141 e. The Morgan fingerprint density at radius 3 is 2.79 bits per heavy atom. The van der Waals surface area contributed by atoms with E-state index in [-0.39, 0.29) is 18.0 Å². The molecule has 1 rings (SSSR count). The maximum Gasteiger partial charge on any atom is 0.141 e. The molecule has 4 heteroatoms. The monoisotopic (exact) mass is 198 g/mol. The molecule has 14 heavy (non-hydrogen) atoms. The Morgan fingerprint density at radius 2 is 2.21 bits per heavy atom. The molecule has 0 unspecified atom stereocenters. The molecule has 0 saturated carbocycles. The molecule has 0 atom stereocenters. The minimum absolute atomic E-state index is 0.0374. The van der Waals surface area contributed by atoms with Crippen molar-refractivity contribution in [1.82, 2.24) is 10.3 Å². The van der Waals surface area contributed by atoms with Crippen LogP contribution in [0.25, 0.3) is 0 Å². The van der Waals surface area contributed by atoms with Crippen molar-refractivity contribution in [1.29, 1.82) is 0 Å². The first-order chi connectivity index (χ1) is 6.53. The summed E-state index contributed by atoms with van der Waals surface area (Å²) < 4.78 is 12.7. The lowest BCUT2D eigenvalue weighted by Gasteiger charge is -2.23. The number of rotatable bonds is 4. The van der Waals surface area contributed by atoms with E-state index < -0.39 is 0 Å². The van der Waals surface area contributed by atoms with Gasteiger partial charge in [0.2, 0.25) is 0 Å². The van der Waals surface area contributed by atoms with Crippen molar-refractivity contribution < 1.29 is 9.50 Å². The first kappa shape index (κ1) is 11.1. The second-order valence-corrected chi connectivity index (χ2v) is 3.91. The maximum atomic E-state index is 12.7. The van der Waals surface area contributed by atoms with Crippen molar-refractivity contribution >= 4 is 0 Å². The summed E-state index contributed by atoms with van der Waals surface area (Å²) in [7, 11) is 0. The van der Waals surface area contributed by atoms with Gasteiger partial charge in [-0.3, -0.25) is 4.98 Å². The van der Waals surface area contributed by atoms with Gasteiger partial charge in [-0.05, 0) is 25.5 Å². The van der Waals surface area contributed by atoms with Gasteiger partial charge in [0.05, 0.1) is 12.8 Å². The van der Waals surface area contributed by atoms with Crippen LogP contribution in [-0.2, 0) is 6.54 Å². The van der Waals surface area contributed by atoms with Gasteiger partial charge in [0.15, 0.2) is 0 Å². The highest BCUT2D eigenvalue weighted by Gasteiger charge is 2.14. The molecule has 1 aromatic heterocycles. The summed E-state index contributed by atoms with van der Waals surface area (Å²) in [4.78, 5) is 3.73. The standard InChI is InChI=1S/C10H15FN2O/c1-10(2,7-14)13-5-8-3-9(11)6-12-4-8/h3-4,6,13-14H,5,7H2,1-2H3. The van der Waals surface area contributed by atoms with Gasteiger partial charge >= 0.3 is 0 Å². The molecule has 0 radical (unpaired) electrons. The maximum absolute atomic E-state index is 12.7. The largest absolute Gasteiger partial charge is 0.394 e. The number of aromatic nitrogens is 1. The lowest BCUT2D eigenvalue weighted by atomic mass is 10.1. The van der Waals surface area contributed by atoms with E-state index in [1.165, 1.54) is 12.3 Å². The van der Waals surface area contributed by atoms with Crippen LogP contribution in [0.1, 0.15) is 19.4 Å². The number of halogens is 1. The molecule has 3 nitrogen and oxygen atoms in total. The van der Waals surface area contributed by atoms with Crippen LogP contribution in [0.2, 0.25) is 0 Å². The molecule has 0 bridgehead atoms. The number of hydrogen-bond acceptors (Lipinski definition) is 3. The predicted octanol–water partition coefficient (Wildman–Crippen LogP) is 1.08. The molecule has 0 aliphatic rings. The van der Waals surface area contributed by atoms with Gasteiger partial charge in [-0.25, -0.2) is 4.39 Å². The van der Waals surface area contributed by atoms with E-state index in [4.69, 9.17) is 5.11 Å². The third-order valence-corrected chi connectivity index (χ3v) is 1.93. The van der Waals surface area contributed by atoms with Crippen LogP contribution in [-0.4, -0.2) is 22.2 Å². The Morgan fingerprint density at radius 1 is 1.50 bits per heavy atom. The predicted molar refractivity (Wildman–Crippen MR) is 52.2 cm³/mol. The minimum Gasteiger partial charge on any atom is -0.394 e. The molecule has 0 fully saturated rings. The van der Waals surface area contributed by atoms with Gasteiger partial charge in [0.25, 0.3) is 0 Å². The molecule has 1 heterocycles. The summed E-state index contributed by atoms with van der Waals surface area (Å²) in [5.74, 6) is -0.342. The van der Waals surface area contributed by atoms with Gasteiger partial charge in [-0.2, -0.15) is 0 Å². The van der Waals surface area contributed by atoms with Crippen LogP contribution in [0.5, 0.6) is 0 Å². The molecular weight excluding hydrogens is 183 g/mol. The second kappa shape index (κ2) is 4.48. The van der Waals surface area contributed by atoms with E-state index in [0.717, 1.165) is 5.56 Å². The molecular formula is C10H15FN2O. The van der Waals surface area contributed by atoms with E-state index in [9.17, 15) is 4.39 Å². The van der Waals surface area contributed by atoms with Crippen LogP contribution in [0.4, 0.5) is 4.39 Å². The van der Waals surface area contributed by atoms with Gasteiger partial charge < -0.3 is 10.4 Å². The molecule has 2 N–H and O–H groups in total. The Hall–Kier alpha value is -1.00. The van der Waals surface area contributed by atoms with Crippen molar-refractivity contribution in [2.45, 2.75) is 25.9 Å². The third-order valence-electron chi connectivity index (χ3n) is 1.93. The number of hydrogen-bond donors (Lipinski definition) is 2. The van der Waals surface area contributed by atoms with Crippen LogP contribution < -0.4 is 5.32 Å². The van der Waals surface area contributed by atoms with Crippen molar-refractivity contribution in [2.24, 2.45) is 0 Å². The molecule has 0 aliphatic carbocycles. The van der Waals surface area contributed by atoms with Gasteiger partial charge in [0, 0.05) is 18.3 Å². The zero-order valence-corrected chi connectivity index (χ0v) is 8.42. The van der Waals surface area contributed by atoms with Crippen LogP contribution in [0, 0.1) is 5.82 Å². The Labute approximate surface area is 83.0 Å². The van der Waals surface area contributed by atoms with E-state index in [0.29, 0.717) is 6.54 Å². The number of pyridine rings is 1. The van der Waals surface area contributed by atoms with E-state index in [2.05, 4.69) is 10.3 Å². The summed E-state index contributed by atoms with van der Waals surface area (Å²) in [5, 5.41) is 12.1.